The molecule has 0 spiro atoms. The van der Waals surface area contributed by atoms with E-state index < -0.39 is 0 Å². The highest BCUT2D eigenvalue weighted by Gasteiger charge is 2.08. The van der Waals surface area contributed by atoms with E-state index in [1.807, 2.05) is 44.1 Å². The molecule has 21 heavy (non-hydrogen) atoms. The average molecular weight is 351 g/mol. The number of hydrogen-bond donors (Lipinski definition) is 2. The summed E-state index contributed by atoms with van der Waals surface area (Å²) in [6, 6.07) is 8.06. The zero-order chi connectivity index (χ0) is 15.2. The fourth-order valence-electron chi connectivity index (χ4n) is 1.70. The van der Waals surface area contributed by atoms with E-state index in [1.165, 1.54) is 0 Å². The lowest BCUT2D eigenvalue weighted by molar-refractivity contribution is 0.935. The number of anilines is 3. The van der Waals surface area contributed by atoms with Gasteiger partial charge in [-0.1, -0.05) is 34.1 Å². The van der Waals surface area contributed by atoms with Crippen molar-refractivity contribution < 1.29 is 0 Å². The first-order valence-corrected chi connectivity index (χ1v) is 7.54. The number of halogens is 1. The molecule has 0 amide bonds. The second-order valence-corrected chi connectivity index (χ2v) is 5.51. The van der Waals surface area contributed by atoms with Gasteiger partial charge in [-0.2, -0.15) is 15.0 Å². The normalized spacial score (nSPS) is 10.3. The number of nitrogens with one attached hydrogen (secondary N) is 2. The van der Waals surface area contributed by atoms with E-state index in [2.05, 4.69) is 47.6 Å². The van der Waals surface area contributed by atoms with E-state index in [0.717, 1.165) is 16.6 Å². The molecule has 1 heterocycles. The molecule has 0 saturated heterocycles. The van der Waals surface area contributed by atoms with Crippen molar-refractivity contribution in [2.45, 2.75) is 13.5 Å². The molecule has 7 heteroatoms. The van der Waals surface area contributed by atoms with Gasteiger partial charge in [-0.3, -0.25) is 0 Å². The van der Waals surface area contributed by atoms with Crippen molar-refractivity contribution in [3.8, 4) is 0 Å². The molecule has 2 rings (SSSR count). The molecular formula is C14H19BrN6. The van der Waals surface area contributed by atoms with E-state index in [9.17, 15) is 0 Å². The Morgan fingerprint density at radius 3 is 2.33 bits per heavy atom. The summed E-state index contributed by atoms with van der Waals surface area (Å²) in [5.41, 5.74) is 1.15. The van der Waals surface area contributed by atoms with Crippen LogP contribution in [-0.2, 0) is 6.54 Å². The van der Waals surface area contributed by atoms with E-state index >= 15 is 0 Å². The molecule has 1 aromatic heterocycles. The second-order valence-electron chi connectivity index (χ2n) is 4.65. The minimum atomic E-state index is 0.556. The zero-order valence-corrected chi connectivity index (χ0v) is 14.0. The maximum Gasteiger partial charge on any atom is 0.231 e. The topological polar surface area (TPSA) is 66.0 Å². The van der Waals surface area contributed by atoms with E-state index in [0.29, 0.717) is 24.4 Å². The van der Waals surface area contributed by atoms with Gasteiger partial charge in [0.15, 0.2) is 0 Å². The number of rotatable bonds is 6. The lowest BCUT2D eigenvalue weighted by Crippen LogP contribution is -2.17. The van der Waals surface area contributed by atoms with Gasteiger partial charge in [-0.15, -0.1) is 0 Å². The fraction of sp³-hybridized carbons (Fsp3) is 0.357. The van der Waals surface area contributed by atoms with E-state index in [4.69, 9.17) is 0 Å². The monoisotopic (exact) mass is 350 g/mol. The maximum atomic E-state index is 4.40. The largest absolute Gasteiger partial charge is 0.354 e. The van der Waals surface area contributed by atoms with Crippen molar-refractivity contribution in [3.05, 3.63) is 34.3 Å². The van der Waals surface area contributed by atoms with Crippen LogP contribution in [0.2, 0.25) is 0 Å². The van der Waals surface area contributed by atoms with Crippen LogP contribution in [0.5, 0.6) is 0 Å². The molecule has 0 fully saturated rings. The SMILES string of the molecule is CCNc1nc(NCc2ccccc2Br)nc(N(C)C)n1. The summed E-state index contributed by atoms with van der Waals surface area (Å²) >= 11 is 3.53. The van der Waals surface area contributed by atoms with Crippen LogP contribution in [0, 0.1) is 0 Å². The minimum Gasteiger partial charge on any atom is -0.354 e. The summed E-state index contributed by atoms with van der Waals surface area (Å²) in [5, 5.41) is 6.35. The number of benzene rings is 1. The zero-order valence-electron chi connectivity index (χ0n) is 12.4. The third kappa shape index (κ3) is 4.29. The van der Waals surface area contributed by atoms with Crippen molar-refractivity contribution >= 4 is 33.8 Å². The molecule has 0 unspecified atom stereocenters. The average Bonchev–Trinajstić information content (AvgIpc) is 2.46. The van der Waals surface area contributed by atoms with Gasteiger partial charge in [0, 0.05) is 31.7 Å². The van der Waals surface area contributed by atoms with Crippen molar-refractivity contribution in [2.24, 2.45) is 0 Å². The Balaban J connectivity index is 2.17. The molecule has 1 aromatic carbocycles. The Kier molecular flexibility index (Phi) is 5.32. The molecule has 0 aliphatic carbocycles. The molecule has 0 aliphatic rings. The van der Waals surface area contributed by atoms with E-state index in [1.54, 1.807) is 0 Å². The second kappa shape index (κ2) is 7.21. The highest BCUT2D eigenvalue weighted by Crippen LogP contribution is 2.17. The van der Waals surface area contributed by atoms with Gasteiger partial charge in [-0.05, 0) is 18.6 Å². The predicted octanol–water partition coefficient (Wildman–Crippen LogP) is 2.74. The van der Waals surface area contributed by atoms with Gasteiger partial charge in [0.25, 0.3) is 0 Å². The first-order chi connectivity index (χ1) is 10.1. The molecule has 0 radical (unpaired) electrons. The summed E-state index contributed by atoms with van der Waals surface area (Å²) in [5.74, 6) is 1.75. The van der Waals surface area contributed by atoms with Crippen LogP contribution in [0.1, 0.15) is 12.5 Å². The van der Waals surface area contributed by atoms with Crippen molar-refractivity contribution in [1.82, 2.24) is 15.0 Å². The highest BCUT2D eigenvalue weighted by atomic mass is 79.9. The number of aromatic nitrogens is 3. The van der Waals surface area contributed by atoms with Gasteiger partial charge < -0.3 is 15.5 Å². The molecule has 6 nitrogen and oxygen atoms in total. The molecule has 2 N–H and O–H groups in total. The molecule has 2 aromatic rings. The third-order valence-corrected chi connectivity index (χ3v) is 3.53. The van der Waals surface area contributed by atoms with Crippen LogP contribution in [0.25, 0.3) is 0 Å². The molecule has 112 valence electrons. The Hall–Kier alpha value is -1.89. The molecule has 0 aliphatic heterocycles. The molecular weight excluding hydrogens is 332 g/mol. The van der Waals surface area contributed by atoms with Gasteiger partial charge in [0.1, 0.15) is 0 Å². The fourth-order valence-corrected chi connectivity index (χ4v) is 2.12. The lowest BCUT2D eigenvalue weighted by atomic mass is 10.2. The summed E-state index contributed by atoms with van der Waals surface area (Å²) in [4.78, 5) is 15.0. The number of hydrogen-bond acceptors (Lipinski definition) is 6. The van der Waals surface area contributed by atoms with Crippen molar-refractivity contribution in [2.75, 3.05) is 36.2 Å². The Morgan fingerprint density at radius 2 is 1.71 bits per heavy atom. The number of nitrogens with zero attached hydrogens (tertiary/aromatic N) is 4. The predicted molar refractivity (Wildman–Crippen MR) is 89.8 cm³/mol. The highest BCUT2D eigenvalue weighted by molar-refractivity contribution is 9.10. The van der Waals surface area contributed by atoms with Crippen LogP contribution in [0.4, 0.5) is 17.8 Å². The molecule has 0 atom stereocenters. The van der Waals surface area contributed by atoms with Crippen LogP contribution in [0.15, 0.2) is 28.7 Å². The Bertz CT molecular complexity index is 602. The lowest BCUT2D eigenvalue weighted by Gasteiger charge is -2.14. The summed E-state index contributed by atoms with van der Waals surface area (Å²) in [6.45, 7) is 3.41. The van der Waals surface area contributed by atoms with Crippen molar-refractivity contribution in [1.29, 1.82) is 0 Å². The van der Waals surface area contributed by atoms with Gasteiger partial charge in [-0.25, -0.2) is 0 Å². The Labute approximate surface area is 133 Å². The van der Waals surface area contributed by atoms with Gasteiger partial charge >= 0.3 is 0 Å². The van der Waals surface area contributed by atoms with Gasteiger partial charge in [0.05, 0.1) is 0 Å². The quantitative estimate of drug-likeness (QED) is 0.834. The third-order valence-electron chi connectivity index (χ3n) is 2.75. The van der Waals surface area contributed by atoms with Crippen LogP contribution in [0.3, 0.4) is 0 Å². The molecule has 0 bridgehead atoms. The van der Waals surface area contributed by atoms with Crippen molar-refractivity contribution in [3.63, 3.8) is 0 Å². The minimum absolute atomic E-state index is 0.556. The van der Waals surface area contributed by atoms with Crippen LogP contribution in [-0.4, -0.2) is 35.6 Å². The first-order valence-electron chi connectivity index (χ1n) is 6.74. The van der Waals surface area contributed by atoms with Gasteiger partial charge in [0.2, 0.25) is 17.8 Å². The molecule has 0 saturated carbocycles. The van der Waals surface area contributed by atoms with Crippen LogP contribution < -0.4 is 15.5 Å². The maximum absolute atomic E-state index is 4.40. The summed E-state index contributed by atoms with van der Waals surface area (Å²) < 4.78 is 1.06. The Morgan fingerprint density at radius 1 is 1.05 bits per heavy atom. The van der Waals surface area contributed by atoms with Crippen LogP contribution >= 0.6 is 15.9 Å². The first kappa shape index (κ1) is 15.5. The summed E-state index contributed by atoms with van der Waals surface area (Å²) in [7, 11) is 3.81. The standard InChI is InChI=1S/C14H19BrN6/c1-4-16-12-18-13(20-14(19-12)21(2)3)17-9-10-7-5-6-8-11(10)15/h5-8H,4,9H2,1-3H3,(H2,16,17,18,19,20). The van der Waals surface area contributed by atoms with E-state index in [-0.39, 0.29) is 0 Å². The summed E-state index contributed by atoms with van der Waals surface area (Å²) in [6.07, 6.45) is 0. The smallest absolute Gasteiger partial charge is 0.231 e.